The lowest BCUT2D eigenvalue weighted by Crippen LogP contribution is -1.99. The molecule has 5 rings (SSSR count). The Morgan fingerprint density at radius 3 is 2.40 bits per heavy atom. The van der Waals surface area contributed by atoms with Gasteiger partial charge in [-0.05, 0) is 36.4 Å². The molecule has 3 heterocycles. The van der Waals surface area contributed by atoms with Gasteiger partial charge in [-0.25, -0.2) is 14.6 Å². The van der Waals surface area contributed by atoms with Gasteiger partial charge in [0, 0.05) is 24.2 Å². The van der Waals surface area contributed by atoms with Crippen molar-refractivity contribution in [3.63, 3.8) is 0 Å². The number of para-hydroxylation sites is 1. The summed E-state index contributed by atoms with van der Waals surface area (Å²) in [6.45, 7) is 0.290. The summed E-state index contributed by atoms with van der Waals surface area (Å²) >= 11 is 0. The fourth-order valence-electron chi connectivity index (χ4n) is 3.14. The molecule has 0 spiro atoms. The number of hydrogen-bond donors (Lipinski definition) is 1. The van der Waals surface area contributed by atoms with Crippen LogP contribution in [0.5, 0.6) is 0 Å². The molecule has 9 nitrogen and oxygen atoms in total. The minimum atomic E-state index is -0.738. The summed E-state index contributed by atoms with van der Waals surface area (Å²) in [5.41, 5.74) is 7.52. The molecule has 9 heteroatoms. The van der Waals surface area contributed by atoms with Gasteiger partial charge < -0.3 is 19.0 Å². The van der Waals surface area contributed by atoms with Gasteiger partial charge in [0.1, 0.15) is 11.8 Å². The number of aromatic nitrogens is 3. The van der Waals surface area contributed by atoms with Gasteiger partial charge in [0.2, 0.25) is 5.89 Å². The topological polar surface area (TPSA) is 130 Å². The first-order valence-electron chi connectivity index (χ1n) is 9.01. The number of nitrogens with zero attached hydrogens (tertiary/aromatic N) is 3. The summed E-state index contributed by atoms with van der Waals surface area (Å²) in [4.78, 5) is 32.6. The Morgan fingerprint density at radius 2 is 1.67 bits per heavy atom. The quantitative estimate of drug-likeness (QED) is 0.487. The molecule has 30 heavy (non-hydrogen) atoms. The maximum atomic E-state index is 12.1. The molecule has 0 aliphatic heterocycles. The van der Waals surface area contributed by atoms with E-state index < -0.39 is 11.3 Å². The van der Waals surface area contributed by atoms with Crippen LogP contribution in [0, 0.1) is 0 Å². The summed E-state index contributed by atoms with van der Waals surface area (Å²) in [6, 6.07) is 14.4. The first-order chi connectivity index (χ1) is 14.6. The first kappa shape index (κ1) is 17.8. The summed E-state index contributed by atoms with van der Waals surface area (Å²) in [7, 11) is 0. The Hall–Kier alpha value is -4.24. The Balaban J connectivity index is 1.75. The fraction of sp³-hybridized carbons (Fsp3) is 0.0476. The van der Waals surface area contributed by atoms with Crippen LogP contribution in [0.1, 0.15) is 5.69 Å². The third-order valence-corrected chi connectivity index (χ3v) is 4.51. The Morgan fingerprint density at radius 1 is 0.900 bits per heavy atom. The van der Waals surface area contributed by atoms with E-state index in [1.807, 2.05) is 24.3 Å². The Kier molecular flexibility index (Phi) is 4.15. The second-order valence-corrected chi connectivity index (χ2v) is 6.42. The molecular weight excluding hydrogens is 388 g/mol. The van der Waals surface area contributed by atoms with E-state index in [2.05, 4.69) is 9.97 Å². The van der Waals surface area contributed by atoms with Crippen LogP contribution in [0.15, 0.2) is 83.7 Å². The van der Waals surface area contributed by atoms with E-state index in [9.17, 15) is 9.59 Å². The average Bonchev–Trinajstić information content (AvgIpc) is 3.37. The molecule has 3 aromatic heterocycles. The van der Waals surface area contributed by atoms with Gasteiger partial charge in [-0.2, -0.15) is 4.98 Å². The van der Waals surface area contributed by atoms with Crippen LogP contribution in [0.2, 0.25) is 0 Å². The van der Waals surface area contributed by atoms with Gasteiger partial charge in [-0.3, -0.25) is 4.57 Å². The van der Waals surface area contributed by atoms with Crippen LogP contribution in [-0.2, 0) is 6.54 Å². The molecular formula is C21H14N4O5. The lowest BCUT2D eigenvalue weighted by Gasteiger charge is -2.05. The highest BCUT2D eigenvalue weighted by atomic mass is 16.4. The zero-order valence-electron chi connectivity index (χ0n) is 15.4. The zero-order chi connectivity index (χ0) is 20.7. The number of nitrogens with two attached hydrogens (primary N) is 1. The van der Waals surface area contributed by atoms with Crippen molar-refractivity contribution in [2.75, 3.05) is 0 Å². The van der Waals surface area contributed by atoms with Crippen molar-refractivity contribution in [1.82, 2.24) is 14.5 Å². The molecule has 0 radical (unpaired) electrons. The normalized spacial score (nSPS) is 11.2. The molecule has 0 unspecified atom stereocenters. The highest BCUT2D eigenvalue weighted by Crippen LogP contribution is 2.26. The van der Waals surface area contributed by atoms with Crippen LogP contribution >= 0.6 is 0 Å². The second-order valence-electron chi connectivity index (χ2n) is 6.42. The smallest absolute Gasteiger partial charge is 0.338 e. The van der Waals surface area contributed by atoms with Crippen molar-refractivity contribution in [3.05, 3.63) is 87.4 Å². The lowest BCUT2D eigenvalue weighted by atomic mass is 10.2. The first-order valence-corrected chi connectivity index (χ1v) is 9.01. The van der Waals surface area contributed by atoms with Crippen LogP contribution < -0.4 is 17.0 Å². The Bertz CT molecular complexity index is 1520. The van der Waals surface area contributed by atoms with E-state index in [0.717, 1.165) is 17.7 Å². The monoisotopic (exact) mass is 402 g/mol. The number of fused-ring (bicyclic) bond motifs is 1. The summed E-state index contributed by atoms with van der Waals surface area (Å²) in [6.07, 6.45) is 1.52. The van der Waals surface area contributed by atoms with E-state index in [0.29, 0.717) is 34.9 Å². The van der Waals surface area contributed by atoms with Gasteiger partial charge >= 0.3 is 17.1 Å². The molecule has 0 aliphatic rings. The number of hydrogen-bond acceptors (Lipinski definition) is 8. The number of benzene rings is 2. The SMILES string of the molecule is NCc1coc(-c2ccc(-n3c4nc5c(cccc53)oc(=O)ccc(=O)o4)cc2)n1. The lowest BCUT2D eigenvalue weighted by molar-refractivity contribution is 0.529. The van der Waals surface area contributed by atoms with Crippen molar-refractivity contribution < 1.29 is 13.3 Å². The molecule has 0 amide bonds. The third-order valence-electron chi connectivity index (χ3n) is 4.51. The van der Waals surface area contributed by atoms with Crippen molar-refractivity contribution in [2.45, 2.75) is 6.54 Å². The van der Waals surface area contributed by atoms with E-state index >= 15 is 0 Å². The molecule has 5 aromatic rings. The van der Waals surface area contributed by atoms with Gasteiger partial charge in [0.25, 0.3) is 0 Å². The fourth-order valence-corrected chi connectivity index (χ4v) is 3.14. The standard InChI is InChI=1S/C21H14N4O5/c22-10-13-11-28-20(23-13)12-4-6-14(7-5-12)25-15-2-1-3-16-19(15)24-21(25)30-18(27)9-8-17(26)29-16/h1-9,11H,10,22H2. The van der Waals surface area contributed by atoms with E-state index in [-0.39, 0.29) is 11.4 Å². The van der Waals surface area contributed by atoms with Crippen molar-refractivity contribution in [3.8, 4) is 17.1 Å². The zero-order valence-corrected chi connectivity index (χ0v) is 15.4. The Labute approximate surface area is 167 Å². The largest absolute Gasteiger partial charge is 0.444 e. The van der Waals surface area contributed by atoms with Crippen LogP contribution in [0.25, 0.3) is 39.6 Å². The maximum Gasteiger partial charge on any atom is 0.338 e. The molecule has 2 bridgehead atoms. The number of rotatable bonds is 3. The summed E-state index contributed by atoms with van der Waals surface area (Å²) < 4.78 is 17.8. The minimum Gasteiger partial charge on any atom is -0.444 e. The van der Waals surface area contributed by atoms with Crippen molar-refractivity contribution >= 4 is 22.5 Å². The minimum absolute atomic E-state index is 0.0549. The summed E-state index contributed by atoms with van der Waals surface area (Å²) in [5.74, 6) is 0.508. The summed E-state index contributed by atoms with van der Waals surface area (Å²) in [5, 5.41) is 0. The molecule has 0 saturated heterocycles. The van der Waals surface area contributed by atoms with Crippen molar-refractivity contribution in [1.29, 1.82) is 0 Å². The van der Waals surface area contributed by atoms with Gasteiger partial charge in [0.05, 0.1) is 16.9 Å². The van der Waals surface area contributed by atoms with Crippen molar-refractivity contribution in [2.24, 2.45) is 5.73 Å². The molecule has 0 atom stereocenters. The highest BCUT2D eigenvalue weighted by Gasteiger charge is 2.14. The van der Waals surface area contributed by atoms with Crippen LogP contribution in [0.3, 0.4) is 0 Å². The predicted molar refractivity (Wildman–Crippen MR) is 108 cm³/mol. The van der Waals surface area contributed by atoms with Crippen LogP contribution in [0.4, 0.5) is 0 Å². The average molecular weight is 402 g/mol. The number of oxazole rings is 1. The third kappa shape index (κ3) is 3.03. The molecule has 148 valence electrons. The van der Waals surface area contributed by atoms with Gasteiger partial charge in [0.15, 0.2) is 5.58 Å². The van der Waals surface area contributed by atoms with Gasteiger partial charge in [-0.1, -0.05) is 6.07 Å². The molecule has 2 N–H and O–H groups in total. The second kappa shape index (κ2) is 6.98. The van der Waals surface area contributed by atoms with E-state index in [1.54, 1.807) is 22.8 Å². The molecule has 0 saturated carbocycles. The maximum absolute atomic E-state index is 12.1. The molecule has 2 aromatic carbocycles. The van der Waals surface area contributed by atoms with Gasteiger partial charge in [-0.15, -0.1) is 0 Å². The molecule has 0 aliphatic carbocycles. The van der Waals surface area contributed by atoms with Crippen LogP contribution in [-0.4, -0.2) is 14.5 Å². The predicted octanol–water partition coefficient (Wildman–Crippen LogP) is 2.76. The molecule has 0 fully saturated rings. The number of imidazole rings is 1. The van der Waals surface area contributed by atoms with E-state index in [4.69, 9.17) is 19.0 Å². The van der Waals surface area contributed by atoms with E-state index in [1.165, 1.54) is 6.26 Å². The highest BCUT2D eigenvalue weighted by molar-refractivity contribution is 5.92.